The van der Waals surface area contributed by atoms with E-state index in [1.54, 1.807) is 0 Å². The van der Waals surface area contributed by atoms with Crippen LogP contribution in [-0.2, 0) is 28.6 Å². The molecule has 0 aliphatic heterocycles. The minimum atomic E-state index is -0.810. The molecule has 0 unspecified atom stereocenters. The van der Waals surface area contributed by atoms with Gasteiger partial charge in [-0.1, -0.05) is 214 Å². The molecule has 0 aromatic carbocycles. The third kappa shape index (κ3) is 53.2. The highest BCUT2D eigenvalue weighted by Gasteiger charge is 2.19. The van der Waals surface area contributed by atoms with Crippen LogP contribution in [-0.4, -0.2) is 37.2 Å². The second-order valence-electron chi connectivity index (χ2n) is 18.1. The topological polar surface area (TPSA) is 78.9 Å². The number of carbonyl (C=O) groups is 3. The largest absolute Gasteiger partial charge is 0.462 e. The monoisotopic (exact) mass is 931 g/mol. The van der Waals surface area contributed by atoms with Crippen LogP contribution in [0.1, 0.15) is 252 Å². The average molecular weight is 931 g/mol. The van der Waals surface area contributed by atoms with E-state index in [0.29, 0.717) is 19.3 Å². The van der Waals surface area contributed by atoms with Crippen LogP contribution in [0.5, 0.6) is 0 Å². The van der Waals surface area contributed by atoms with Crippen LogP contribution >= 0.6 is 0 Å². The molecule has 67 heavy (non-hydrogen) atoms. The molecule has 6 heteroatoms. The molecule has 0 aromatic rings. The molecule has 0 radical (unpaired) electrons. The first-order valence-corrected chi connectivity index (χ1v) is 27.7. The van der Waals surface area contributed by atoms with Gasteiger partial charge in [0.1, 0.15) is 13.2 Å². The lowest BCUT2D eigenvalue weighted by molar-refractivity contribution is -0.167. The van der Waals surface area contributed by atoms with E-state index in [1.807, 2.05) is 0 Å². The van der Waals surface area contributed by atoms with Gasteiger partial charge in [0.05, 0.1) is 0 Å². The van der Waals surface area contributed by atoms with Crippen LogP contribution in [0.2, 0.25) is 0 Å². The van der Waals surface area contributed by atoms with Gasteiger partial charge in [0, 0.05) is 19.3 Å². The van der Waals surface area contributed by atoms with Gasteiger partial charge in [-0.05, 0) is 116 Å². The van der Waals surface area contributed by atoms with Crippen molar-refractivity contribution in [3.8, 4) is 0 Å². The van der Waals surface area contributed by atoms with Crippen molar-refractivity contribution < 1.29 is 28.6 Å². The number of hydrogen-bond donors (Lipinski definition) is 0. The van der Waals surface area contributed by atoms with Crippen molar-refractivity contribution in [2.45, 2.75) is 258 Å². The number of unbranched alkanes of at least 4 members (excludes halogenated alkanes) is 22. The highest BCUT2D eigenvalue weighted by atomic mass is 16.6. The first kappa shape index (κ1) is 63.3. The number of rotatable bonds is 49. The Hall–Kier alpha value is -3.67. The summed E-state index contributed by atoms with van der Waals surface area (Å²) in [5.41, 5.74) is 0. The summed E-state index contributed by atoms with van der Waals surface area (Å²) in [7, 11) is 0. The molecule has 0 aliphatic carbocycles. The molecule has 0 amide bonds. The minimum Gasteiger partial charge on any atom is -0.462 e. The summed E-state index contributed by atoms with van der Waals surface area (Å²) in [6.07, 6.45) is 72.5. The highest BCUT2D eigenvalue weighted by molar-refractivity contribution is 5.71. The molecule has 1 atom stereocenters. The second-order valence-corrected chi connectivity index (χ2v) is 18.1. The van der Waals surface area contributed by atoms with E-state index in [4.69, 9.17) is 14.2 Å². The van der Waals surface area contributed by atoms with Crippen LogP contribution in [0.3, 0.4) is 0 Å². The molecule has 0 aliphatic rings. The van der Waals surface area contributed by atoms with E-state index >= 15 is 0 Å². The van der Waals surface area contributed by atoms with Crippen LogP contribution < -0.4 is 0 Å². The van der Waals surface area contributed by atoms with Gasteiger partial charge in [-0.2, -0.15) is 0 Å². The van der Waals surface area contributed by atoms with Crippen molar-refractivity contribution in [1.29, 1.82) is 0 Å². The molecule has 0 heterocycles. The predicted octanol–water partition coefficient (Wildman–Crippen LogP) is 18.5. The summed E-state index contributed by atoms with van der Waals surface area (Å²) in [6.45, 7) is 6.43. The molecule has 0 N–H and O–H groups in total. The Morgan fingerprint density at radius 1 is 0.313 bits per heavy atom. The molecule has 0 saturated carbocycles. The molecule has 0 bridgehead atoms. The molecule has 0 rings (SSSR count). The maximum Gasteiger partial charge on any atom is 0.306 e. The Labute approximate surface area is 413 Å². The van der Waals surface area contributed by atoms with Gasteiger partial charge in [0.15, 0.2) is 6.10 Å². The molecular weight excluding hydrogens is 829 g/mol. The second kappa shape index (κ2) is 54.9. The average Bonchev–Trinajstić information content (AvgIpc) is 3.33. The number of allylic oxidation sites excluding steroid dienone is 16. The van der Waals surface area contributed by atoms with Gasteiger partial charge in [-0.3, -0.25) is 14.4 Å². The third-order valence-corrected chi connectivity index (χ3v) is 11.5. The van der Waals surface area contributed by atoms with E-state index in [2.05, 4.69) is 118 Å². The summed E-state index contributed by atoms with van der Waals surface area (Å²) < 4.78 is 16.8. The molecule has 0 spiro atoms. The van der Waals surface area contributed by atoms with Gasteiger partial charge < -0.3 is 14.2 Å². The zero-order chi connectivity index (χ0) is 48.6. The van der Waals surface area contributed by atoms with Crippen molar-refractivity contribution in [2.75, 3.05) is 13.2 Å². The fourth-order valence-corrected chi connectivity index (χ4v) is 7.38. The Balaban J connectivity index is 4.51. The van der Waals surface area contributed by atoms with Crippen LogP contribution in [0.15, 0.2) is 97.2 Å². The van der Waals surface area contributed by atoms with Crippen molar-refractivity contribution >= 4 is 17.9 Å². The maximum atomic E-state index is 12.8. The summed E-state index contributed by atoms with van der Waals surface area (Å²) >= 11 is 0. The number of ether oxygens (including phenoxy) is 3. The smallest absolute Gasteiger partial charge is 0.306 e. The Morgan fingerprint density at radius 3 is 1.00 bits per heavy atom. The zero-order valence-corrected chi connectivity index (χ0v) is 43.6. The highest BCUT2D eigenvalue weighted by Crippen LogP contribution is 2.14. The molecule has 382 valence electrons. The van der Waals surface area contributed by atoms with Gasteiger partial charge >= 0.3 is 17.9 Å². The summed E-state index contributed by atoms with van der Waals surface area (Å²) in [6, 6.07) is 0. The third-order valence-electron chi connectivity index (χ3n) is 11.5. The minimum absolute atomic E-state index is 0.106. The van der Waals surface area contributed by atoms with Crippen molar-refractivity contribution in [1.82, 2.24) is 0 Å². The van der Waals surface area contributed by atoms with Gasteiger partial charge in [-0.15, -0.1) is 0 Å². The fourth-order valence-electron chi connectivity index (χ4n) is 7.38. The van der Waals surface area contributed by atoms with Crippen LogP contribution in [0.25, 0.3) is 0 Å². The normalized spacial score (nSPS) is 12.8. The molecule has 6 nitrogen and oxygen atoms in total. The molecule has 0 aromatic heterocycles. The van der Waals surface area contributed by atoms with Crippen LogP contribution in [0, 0.1) is 0 Å². The summed E-state index contributed by atoms with van der Waals surface area (Å²) in [5.74, 6) is -0.983. The van der Waals surface area contributed by atoms with Crippen molar-refractivity contribution in [3.63, 3.8) is 0 Å². The first-order chi connectivity index (χ1) is 33.0. The standard InChI is InChI=1S/C61H102O6/c1-4-7-10-13-16-19-22-25-28-30-33-36-39-42-45-48-51-54-60(63)66-57-58(56-65-59(62)53-50-47-44-41-38-35-32-27-24-21-18-15-12-9-6-3)67-61(64)55-52-49-46-43-40-37-34-31-29-26-23-20-17-14-11-8-5-2/h9,12,17-18,20-21,25-29,32-33,36,42,45,58H,4-8,10-11,13-16,19,22-24,30-31,34-35,37-41,43-44,46-57H2,1-3H3/b12-9-,20-17-,21-18-,28-25-,29-26-,32-27-,36-33-,45-42-/t58-/m1/s1. The lowest BCUT2D eigenvalue weighted by Crippen LogP contribution is -2.30. The molecule has 0 fully saturated rings. The van der Waals surface area contributed by atoms with E-state index in [-0.39, 0.29) is 37.5 Å². The quantitative estimate of drug-likeness (QED) is 0.0262. The van der Waals surface area contributed by atoms with Gasteiger partial charge in [0.25, 0.3) is 0 Å². The fraction of sp³-hybridized carbons (Fsp3) is 0.689. The van der Waals surface area contributed by atoms with Crippen LogP contribution in [0.4, 0.5) is 0 Å². The molecular formula is C61H102O6. The Morgan fingerprint density at radius 2 is 0.597 bits per heavy atom. The SMILES string of the molecule is CC/C=C\C/C=C\C/C=C\CCCCCCCC(=O)OC[C@H](COC(=O)CCC/C=C\C/C=C\C/C=C\CCCCCCCC)OC(=O)CCCCCCCCC/C=C\C/C=C\CCCCC. The summed E-state index contributed by atoms with van der Waals surface area (Å²) in [5, 5.41) is 0. The lowest BCUT2D eigenvalue weighted by Gasteiger charge is -2.18. The zero-order valence-electron chi connectivity index (χ0n) is 43.6. The van der Waals surface area contributed by atoms with Gasteiger partial charge in [0.2, 0.25) is 0 Å². The maximum absolute atomic E-state index is 12.8. The Bertz CT molecular complexity index is 1350. The van der Waals surface area contributed by atoms with E-state index in [9.17, 15) is 14.4 Å². The van der Waals surface area contributed by atoms with E-state index in [1.165, 1.54) is 96.3 Å². The van der Waals surface area contributed by atoms with Crippen molar-refractivity contribution in [3.05, 3.63) is 97.2 Å². The van der Waals surface area contributed by atoms with Crippen molar-refractivity contribution in [2.24, 2.45) is 0 Å². The van der Waals surface area contributed by atoms with E-state index in [0.717, 1.165) is 109 Å². The van der Waals surface area contributed by atoms with E-state index < -0.39 is 6.10 Å². The number of carbonyl (C=O) groups excluding carboxylic acids is 3. The van der Waals surface area contributed by atoms with Gasteiger partial charge in [-0.25, -0.2) is 0 Å². The molecule has 0 saturated heterocycles. The lowest BCUT2D eigenvalue weighted by atomic mass is 10.1. The predicted molar refractivity (Wildman–Crippen MR) is 288 cm³/mol. The summed E-state index contributed by atoms with van der Waals surface area (Å²) in [4.78, 5) is 38.1. The number of hydrogen-bond acceptors (Lipinski definition) is 6. The Kier molecular flexibility index (Phi) is 51.9. The first-order valence-electron chi connectivity index (χ1n) is 27.7. The number of esters is 3.